The van der Waals surface area contributed by atoms with Crippen LogP contribution in [0.15, 0.2) is 54.1 Å². The minimum Gasteiger partial charge on any atom is -0.507 e. The molecule has 6 nitrogen and oxygen atoms in total. The van der Waals surface area contributed by atoms with Crippen molar-refractivity contribution in [3.8, 4) is 0 Å². The summed E-state index contributed by atoms with van der Waals surface area (Å²) in [5.74, 6) is -2.30. The number of hydrogen-bond acceptors (Lipinski definition) is 5. The summed E-state index contributed by atoms with van der Waals surface area (Å²) < 4.78 is 18.6. The number of likely N-dealkylation sites (tertiary alicyclic amines) is 1. The highest BCUT2D eigenvalue weighted by molar-refractivity contribution is 6.46. The monoisotopic (exact) mass is 399 g/mol. The number of aliphatic hydroxyl groups is 2. The quantitative estimate of drug-likeness (QED) is 0.323. The molecule has 2 aromatic rings. The summed E-state index contributed by atoms with van der Waals surface area (Å²) in [6, 6.07) is 11.5. The van der Waals surface area contributed by atoms with Crippen molar-refractivity contribution < 1.29 is 28.9 Å². The molecule has 152 valence electrons. The summed E-state index contributed by atoms with van der Waals surface area (Å²) >= 11 is 0. The van der Waals surface area contributed by atoms with Gasteiger partial charge in [0.15, 0.2) is 0 Å². The molecule has 1 fully saturated rings. The van der Waals surface area contributed by atoms with Crippen LogP contribution >= 0.6 is 0 Å². The first-order valence-electron chi connectivity index (χ1n) is 9.23. The average Bonchev–Trinajstić information content (AvgIpc) is 2.96. The van der Waals surface area contributed by atoms with Gasteiger partial charge >= 0.3 is 0 Å². The average molecular weight is 399 g/mol. The standard InChI is InChI=1S/C22H22FNO5/c1-14-2-4-16(5-3-14)20(26)18-19(15-6-8-17(23)9-7-15)24(22(28)21(18)27)10-12-29-13-11-25/h2-9,19,25-26H,10-13H2,1H3/b20-18+. The molecule has 1 aliphatic heterocycles. The van der Waals surface area contributed by atoms with Gasteiger partial charge in [-0.25, -0.2) is 4.39 Å². The summed E-state index contributed by atoms with van der Waals surface area (Å²) in [5, 5.41) is 19.7. The first-order valence-corrected chi connectivity index (χ1v) is 9.23. The number of nitrogens with zero attached hydrogens (tertiary/aromatic N) is 1. The molecular weight excluding hydrogens is 377 g/mol. The van der Waals surface area contributed by atoms with Crippen molar-refractivity contribution in [1.29, 1.82) is 0 Å². The van der Waals surface area contributed by atoms with E-state index < -0.39 is 23.5 Å². The second-order valence-corrected chi connectivity index (χ2v) is 6.75. The lowest BCUT2D eigenvalue weighted by molar-refractivity contribution is -0.140. The zero-order chi connectivity index (χ0) is 21.0. The number of carbonyl (C=O) groups excluding carboxylic acids is 2. The lowest BCUT2D eigenvalue weighted by Gasteiger charge is -2.25. The van der Waals surface area contributed by atoms with Gasteiger partial charge in [-0.3, -0.25) is 9.59 Å². The first-order chi connectivity index (χ1) is 13.9. The van der Waals surface area contributed by atoms with E-state index in [1.54, 1.807) is 24.3 Å². The summed E-state index contributed by atoms with van der Waals surface area (Å²) in [7, 11) is 0. The minimum absolute atomic E-state index is 0.0485. The topological polar surface area (TPSA) is 87.1 Å². The molecule has 2 aromatic carbocycles. The maximum atomic E-state index is 13.4. The van der Waals surface area contributed by atoms with Gasteiger partial charge in [0.2, 0.25) is 0 Å². The lowest BCUT2D eigenvalue weighted by Crippen LogP contribution is -2.33. The molecule has 1 amide bonds. The molecule has 1 aliphatic rings. The number of aliphatic hydroxyl groups excluding tert-OH is 2. The van der Waals surface area contributed by atoms with Crippen molar-refractivity contribution in [2.45, 2.75) is 13.0 Å². The third kappa shape index (κ3) is 4.36. The molecule has 0 bridgehead atoms. The van der Waals surface area contributed by atoms with Crippen molar-refractivity contribution in [3.05, 3.63) is 76.6 Å². The van der Waals surface area contributed by atoms with Crippen molar-refractivity contribution in [1.82, 2.24) is 4.90 Å². The molecule has 7 heteroatoms. The van der Waals surface area contributed by atoms with Gasteiger partial charge in [0.25, 0.3) is 11.7 Å². The number of ether oxygens (including phenoxy) is 1. The van der Waals surface area contributed by atoms with Crippen molar-refractivity contribution in [2.24, 2.45) is 0 Å². The van der Waals surface area contributed by atoms with Crippen LogP contribution in [0.5, 0.6) is 0 Å². The lowest BCUT2D eigenvalue weighted by atomic mass is 9.95. The smallest absolute Gasteiger partial charge is 0.295 e. The Morgan fingerprint density at radius 3 is 2.34 bits per heavy atom. The highest BCUT2D eigenvalue weighted by atomic mass is 19.1. The van der Waals surface area contributed by atoms with Crippen molar-refractivity contribution in [2.75, 3.05) is 26.4 Å². The van der Waals surface area contributed by atoms with Crippen molar-refractivity contribution in [3.63, 3.8) is 0 Å². The number of halogens is 1. The van der Waals surface area contributed by atoms with E-state index in [9.17, 15) is 19.1 Å². The second-order valence-electron chi connectivity index (χ2n) is 6.75. The molecule has 29 heavy (non-hydrogen) atoms. The molecule has 0 aromatic heterocycles. The molecule has 0 saturated carbocycles. The summed E-state index contributed by atoms with van der Waals surface area (Å²) in [5.41, 5.74) is 1.85. The zero-order valence-electron chi connectivity index (χ0n) is 16.0. The first kappa shape index (κ1) is 20.7. The Morgan fingerprint density at radius 1 is 1.07 bits per heavy atom. The summed E-state index contributed by atoms with van der Waals surface area (Å²) in [6.45, 7) is 2.03. The Balaban J connectivity index is 2.05. The Morgan fingerprint density at radius 2 is 1.72 bits per heavy atom. The molecule has 0 spiro atoms. The molecule has 0 aliphatic carbocycles. The molecule has 1 heterocycles. The van der Waals surface area contributed by atoms with E-state index in [1.807, 2.05) is 6.92 Å². The van der Waals surface area contributed by atoms with E-state index in [1.165, 1.54) is 29.2 Å². The minimum atomic E-state index is -0.866. The molecule has 1 atom stereocenters. The van der Waals surface area contributed by atoms with Gasteiger partial charge in [0.1, 0.15) is 11.6 Å². The van der Waals surface area contributed by atoms with Gasteiger partial charge in [-0.2, -0.15) is 0 Å². The largest absolute Gasteiger partial charge is 0.507 e. The maximum Gasteiger partial charge on any atom is 0.295 e. The molecular formula is C22H22FNO5. The van der Waals surface area contributed by atoms with Crippen molar-refractivity contribution >= 4 is 17.4 Å². The third-order valence-electron chi connectivity index (χ3n) is 4.76. The summed E-state index contributed by atoms with van der Waals surface area (Å²) in [4.78, 5) is 26.7. The van der Waals surface area contributed by atoms with Crippen LogP contribution in [-0.4, -0.2) is 53.2 Å². The van der Waals surface area contributed by atoms with E-state index in [0.29, 0.717) is 11.1 Å². The molecule has 0 radical (unpaired) electrons. The number of hydrogen-bond donors (Lipinski definition) is 2. The van der Waals surface area contributed by atoms with E-state index >= 15 is 0 Å². The fourth-order valence-electron chi connectivity index (χ4n) is 3.30. The summed E-state index contributed by atoms with van der Waals surface area (Å²) in [6.07, 6.45) is 0. The van der Waals surface area contributed by atoms with Crippen LogP contribution in [0.2, 0.25) is 0 Å². The van der Waals surface area contributed by atoms with Gasteiger partial charge in [-0.05, 0) is 24.6 Å². The Hall–Kier alpha value is -3.03. The normalized spacial score (nSPS) is 18.4. The molecule has 2 N–H and O–H groups in total. The number of amides is 1. The van der Waals surface area contributed by atoms with E-state index in [0.717, 1.165) is 5.56 Å². The fourth-order valence-corrected chi connectivity index (χ4v) is 3.30. The van der Waals surface area contributed by atoms with E-state index in [2.05, 4.69) is 0 Å². The second kappa shape index (κ2) is 8.98. The van der Waals surface area contributed by atoms with Crippen LogP contribution in [0, 0.1) is 12.7 Å². The van der Waals surface area contributed by atoms with Crippen LogP contribution in [0.4, 0.5) is 4.39 Å². The third-order valence-corrected chi connectivity index (χ3v) is 4.76. The van der Waals surface area contributed by atoms with Gasteiger partial charge < -0.3 is 19.8 Å². The van der Waals surface area contributed by atoms with Crippen LogP contribution in [0.25, 0.3) is 5.76 Å². The van der Waals surface area contributed by atoms with E-state index in [4.69, 9.17) is 9.84 Å². The Bertz CT molecular complexity index is 921. The van der Waals surface area contributed by atoms with Gasteiger partial charge in [0.05, 0.1) is 31.4 Å². The van der Waals surface area contributed by atoms with Gasteiger partial charge in [0, 0.05) is 12.1 Å². The van der Waals surface area contributed by atoms with Crippen LogP contribution in [0.1, 0.15) is 22.7 Å². The predicted octanol–water partition coefficient (Wildman–Crippen LogP) is 2.56. The number of aryl methyl sites for hydroxylation is 1. The highest BCUT2D eigenvalue weighted by Crippen LogP contribution is 2.39. The van der Waals surface area contributed by atoms with Gasteiger partial charge in [-0.1, -0.05) is 42.0 Å². The SMILES string of the molecule is Cc1ccc(/C(O)=C2\C(=O)C(=O)N(CCOCCO)C2c2ccc(F)cc2)cc1. The maximum absolute atomic E-state index is 13.4. The van der Waals surface area contributed by atoms with Crippen LogP contribution in [0.3, 0.4) is 0 Å². The van der Waals surface area contributed by atoms with E-state index in [-0.39, 0.29) is 37.7 Å². The van der Waals surface area contributed by atoms with Gasteiger partial charge in [-0.15, -0.1) is 0 Å². The molecule has 1 unspecified atom stereocenters. The Kier molecular flexibility index (Phi) is 6.41. The fraction of sp³-hybridized carbons (Fsp3) is 0.273. The number of rotatable bonds is 7. The molecule has 1 saturated heterocycles. The predicted molar refractivity (Wildman–Crippen MR) is 104 cm³/mol. The van der Waals surface area contributed by atoms with Crippen LogP contribution < -0.4 is 0 Å². The van der Waals surface area contributed by atoms with Crippen LogP contribution in [-0.2, 0) is 14.3 Å². The zero-order valence-corrected chi connectivity index (χ0v) is 16.0. The number of carbonyl (C=O) groups is 2. The molecule has 3 rings (SSSR count). The highest BCUT2D eigenvalue weighted by Gasteiger charge is 2.45. The number of ketones is 1. The number of benzene rings is 2. The Labute approximate surface area is 167 Å². The number of Topliss-reactive ketones (excluding diaryl/α,β-unsaturated/α-hetero) is 1.